The molecular weight excluding hydrogens is 336 g/mol. The van der Waals surface area contributed by atoms with Gasteiger partial charge in [0, 0.05) is 24.5 Å². The summed E-state index contributed by atoms with van der Waals surface area (Å²) in [4.78, 5) is 27.1. The monoisotopic (exact) mass is 362 g/mol. The minimum atomic E-state index is -0.684. The van der Waals surface area contributed by atoms with Crippen molar-refractivity contribution in [3.8, 4) is 0 Å². The van der Waals surface area contributed by atoms with E-state index >= 15 is 0 Å². The Balaban J connectivity index is 1.34. The average Bonchev–Trinajstić information content (AvgIpc) is 3.13. The number of nitrogens with zero attached hydrogens (tertiary/aromatic N) is 1. The lowest BCUT2D eigenvalue weighted by molar-refractivity contribution is -0.149. The summed E-state index contributed by atoms with van der Waals surface area (Å²) in [6.07, 6.45) is 3.64. The van der Waals surface area contributed by atoms with Crippen LogP contribution in [0.25, 0.3) is 0 Å². The average molecular weight is 362 g/mol. The van der Waals surface area contributed by atoms with E-state index in [4.69, 9.17) is 0 Å². The van der Waals surface area contributed by atoms with Crippen LogP contribution in [-0.4, -0.2) is 53.8 Å². The predicted molar refractivity (Wildman–Crippen MR) is 98.6 cm³/mol. The number of thioether (sulfide) groups is 1. The highest BCUT2D eigenvalue weighted by Gasteiger charge is 2.54. The van der Waals surface area contributed by atoms with Gasteiger partial charge >= 0.3 is 5.97 Å². The van der Waals surface area contributed by atoms with Gasteiger partial charge in [-0.2, -0.15) is 0 Å². The predicted octanol–water partition coefficient (Wildman–Crippen LogP) is 2.47. The van der Waals surface area contributed by atoms with E-state index in [9.17, 15) is 14.7 Å². The van der Waals surface area contributed by atoms with Crippen LogP contribution in [0.4, 0.5) is 0 Å². The molecule has 2 aliphatic rings. The number of carboxylic acid groups (broad SMARTS) is 1. The summed E-state index contributed by atoms with van der Waals surface area (Å²) >= 11 is 1.79. The third kappa shape index (κ3) is 4.36. The number of rotatable bonds is 8. The first-order chi connectivity index (χ1) is 12.1. The zero-order valence-corrected chi connectivity index (χ0v) is 15.3. The van der Waals surface area contributed by atoms with Crippen LogP contribution in [-0.2, 0) is 9.59 Å². The van der Waals surface area contributed by atoms with Gasteiger partial charge in [-0.3, -0.25) is 14.5 Å². The highest BCUT2D eigenvalue weighted by atomic mass is 32.2. The molecule has 2 N–H and O–H groups in total. The number of carbonyl (C=O) groups excluding carboxylic acids is 1. The fourth-order valence-electron chi connectivity index (χ4n) is 4.13. The van der Waals surface area contributed by atoms with Gasteiger partial charge in [0.05, 0.1) is 12.0 Å². The molecule has 0 bridgehead atoms. The molecule has 0 aromatic heterocycles. The number of nitrogens with one attached hydrogen (secondary N) is 1. The zero-order valence-electron chi connectivity index (χ0n) is 14.4. The van der Waals surface area contributed by atoms with Gasteiger partial charge in [0.25, 0.3) is 0 Å². The lowest BCUT2D eigenvalue weighted by atomic mass is 9.81. The minimum Gasteiger partial charge on any atom is -0.481 e. The van der Waals surface area contributed by atoms with E-state index in [-0.39, 0.29) is 11.8 Å². The van der Waals surface area contributed by atoms with Crippen LogP contribution in [0.5, 0.6) is 0 Å². The molecule has 136 valence electrons. The molecule has 1 heterocycles. The van der Waals surface area contributed by atoms with E-state index in [0.717, 1.165) is 38.0 Å². The molecule has 25 heavy (non-hydrogen) atoms. The van der Waals surface area contributed by atoms with E-state index in [2.05, 4.69) is 17.4 Å². The second-order valence-corrected chi connectivity index (χ2v) is 8.25. The van der Waals surface area contributed by atoms with Crippen molar-refractivity contribution in [1.82, 2.24) is 10.2 Å². The van der Waals surface area contributed by atoms with Gasteiger partial charge in [0.1, 0.15) is 0 Å². The Bertz CT molecular complexity index is 610. The molecular formula is C19H26N2O3S. The molecule has 0 unspecified atom stereocenters. The largest absolute Gasteiger partial charge is 0.481 e. The lowest BCUT2D eigenvalue weighted by Crippen LogP contribution is -2.39. The van der Waals surface area contributed by atoms with Crippen LogP contribution < -0.4 is 5.32 Å². The van der Waals surface area contributed by atoms with Gasteiger partial charge in [0.2, 0.25) is 5.91 Å². The smallest absolute Gasteiger partial charge is 0.311 e. The molecule has 1 saturated carbocycles. The van der Waals surface area contributed by atoms with Crippen molar-refractivity contribution >= 4 is 23.6 Å². The summed E-state index contributed by atoms with van der Waals surface area (Å²) in [5, 5.41) is 12.6. The van der Waals surface area contributed by atoms with Crippen LogP contribution >= 0.6 is 11.8 Å². The summed E-state index contributed by atoms with van der Waals surface area (Å²) in [6.45, 7) is 2.24. The zero-order chi connectivity index (χ0) is 17.7. The Labute approximate surface area is 153 Å². The van der Waals surface area contributed by atoms with E-state index in [0.29, 0.717) is 19.6 Å². The van der Waals surface area contributed by atoms with Crippen molar-refractivity contribution in [1.29, 1.82) is 0 Å². The van der Waals surface area contributed by atoms with Crippen LogP contribution in [0.2, 0.25) is 0 Å². The van der Waals surface area contributed by atoms with Crippen molar-refractivity contribution in [3.05, 3.63) is 30.3 Å². The van der Waals surface area contributed by atoms with Gasteiger partial charge in [-0.15, -0.1) is 11.8 Å². The van der Waals surface area contributed by atoms with Crippen molar-refractivity contribution in [2.75, 3.05) is 31.9 Å². The molecule has 1 aromatic carbocycles. The molecule has 5 nitrogen and oxygen atoms in total. The molecule has 1 saturated heterocycles. The highest BCUT2D eigenvalue weighted by Crippen LogP contribution is 2.48. The molecule has 1 aromatic rings. The number of likely N-dealkylation sites (tertiary alicyclic amines) is 1. The Morgan fingerprint density at radius 2 is 2.12 bits per heavy atom. The molecule has 0 radical (unpaired) electrons. The first kappa shape index (κ1) is 18.3. The highest BCUT2D eigenvalue weighted by molar-refractivity contribution is 7.99. The number of aliphatic carboxylic acids is 1. The number of fused-ring (bicyclic) bond motifs is 1. The molecule has 0 spiro atoms. The normalized spacial score (nSPS) is 25.7. The van der Waals surface area contributed by atoms with E-state index in [1.165, 1.54) is 4.90 Å². The fraction of sp³-hybridized carbons (Fsp3) is 0.579. The number of benzene rings is 1. The molecule has 1 aliphatic carbocycles. The standard InChI is InChI=1S/C19H26N2O3S/c22-17(20-10-5-11-25-16-7-2-1-3-8-16)13-21-12-15-6-4-9-19(15,14-21)18(23)24/h1-3,7-8,15H,4-6,9-14H2,(H,20,22)(H,23,24)/t15-,19+/m0/s1. The summed E-state index contributed by atoms with van der Waals surface area (Å²) in [5.41, 5.74) is -0.605. The Morgan fingerprint density at radius 1 is 1.32 bits per heavy atom. The summed E-state index contributed by atoms with van der Waals surface area (Å²) < 4.78 is 0. The van der Waals surface area contributed by atoms with E-state index in [1.807, 2.05) is 23.1 Å². The van der Waals surface area contributed by atoms with E-state index < -0.39 is 11.4 Å². The number of hydrogen-bond acceptors (Lipinski definition) is 4. The second kappa shape index (κ2) is 8.23. The number of hydrogen-bond donors (Lipinski definition) is 2. The van der Waals surface area contributed by atoms with Gasteiger partial charge in [0.15, 0.2) is 0 Å². The maximum absolute atomic E-state index is 12.1. The summed E-state index contributed by atoms with van der Waals surface area (Å²) in [6, 6.07) is 10.2. The molecule has 1 amide bonds. The van der Waals surface area contributed by atoms with Crippen LogP contribution in [0.1, 0.15) is 25.7 Å². The first-order valence-electron chi connectivity index (χ1n) is 9.00. The number of carboxylic acids is 1. The Kier molecular flexibility index (Phi) is 6.02. The first-order valence-corrected chi connectivity index (χ1v) is 9.99. The Hall–Kier alpha value is -1.53. The maximum Gasteiger partial charge on any atom is 0.311 e. The van der Waals surface area contributed by atoms with Crippen molar-refractivity contribution in [2.24, 2.45) is 11.3 Å². The minimum absolute atomic E-state index is 0.00484. The van der Waals surface area contributed by atoms with Gasteiger partial charge < -0.3 is 10.4 Å². The number of amides is 1. The van der Waals surface area contributed by atoms with Crippen molar-refractivity contribution in [3.63, 3.8) is 0 Å². The van der Waals surface area contributed by atoms with E-state index in [1.54, 1.807) is 11.8 Å². The van der Waals surface area contributed by atoms with Crippen molar-refractivity contribution < 1.29 is 14.7 Å². The third-order valence-corrected chi connectivity index (χ3v) is 6.49. The fourth-order valence-corrected chi connectivity index (χ4v) is 5.00. The summed E-state index contributed by atoms with van der Waals surface area (Å²) in [7, 11) is 0. The SMILES string of the molecule is O=C(CN1C[C@@H]2CCC[C@@]2(C(=O)O)C1)NCCCSc1ccccc1. The van der Waals surface area contributed by atoms with Gasteiger partial charge in [-0.25, -0.2) is 0 Å². The number of carbonyl (C=O) groups is 2. The van der Waals surface area contributed by atoms with Crippen molar-refractivity contribution in [2.45, 2.75) is 30.6 Å². The molecule has 2 atom stereocenters. The summed E-state index contributed by atoms with van der Waals surface area (Å²) in [5.74, 6) is 0.499. The second-order valence-electron chi connectivity index (χ2n) is 7.09. The van der Waals surface area contributed by atoms with Gasteiger partial charge in [-0.05, 0) is 43.1 Å². The quantitative estimate of drug-likeness (QED) is 0.549. The van der Waals surface area contributed by atoms with Crippen LogP contribution in [0.3, 0.4) is 0 Å². The topological polar surface area (TPSA) is 69.6 Å². The van der Waals surface area contributed by atoms with Gasteiger partial charge in [-0.1, -0.05) is 24.6 Å². The Morgan fingerprint density at radius 3 is 2.84 bits per heavy atom. The molecule has 1 aliphatic heterocycles. The molecule has 2 fully saturated rings. The maximum atomic E-state index is 12.1. The lowest BCUT2D eigenvalue weighted by Gasteiger charge is -2.23. The van der Waals surface area contributed by atoms with Crippen LogP contribution in [0.15, 0.2) is 35.2 Å². The van der Waals surface area contributed by atoms with Crippen LogP contribution in [0, 0.1) is 11.3 Å². The molecule has 6 heteroatoms. The molecule has 3 rings (SSSR count). The third-order valence-electron chi connectivity index (χ3n) is 5.39.